The van der Waals surface area contributed by atoms with Crippen LogP contribution in [0.5, 0.6) is 0 Å². The molecule has 0 aromatic heterocycles. The molecule has 0 aliphatic heterocycles. The van der Waals surface area contributed by atoms with E-state index >= 15 is 0 Å². The van der Waals surface area contributed by atoms with Gasteiger partial charge in [0.25, 0.3) is 0 Å². The molecule has 0 saturated carbocycles. The number of allylic oxidation sites excluding steroid dienone is 5. The predicted molar refractivity (Wildman–Crippen MR) is 59.7 cm³/mol. The first-order chi connectivity index (χ1) is 6.59. The second-order valence-corrected chi connectivity index (χ2v) is 4.25. The summed E-state index contributed by atoms with van der Waals surface area (Å²) in [5.74, 6) is 0.580. The number of hydrogen-bond donors (Lipinski definition) is 0. The molecule has 1 heteroatoms. The van der Waals surface area contributed by atoms with E-state index in [1.54, 1.807) is 6.08 Å². The summed E-state index contributed by atoms with van der Waals surface area (Å²) in [4.78, 5) is 0. The standard InChI is InChI=1S/C13H19F/c1-10(2)4-5-11(3)12-6-8-13(14)9-7-12/h6,8,11H,1,4-5,7,9H2,2-3H3. The molecule has 1 aliphatic rings. The molecular formula is C13H19F. The maximum Gasteiger partial charge on any atom is 0.100 e. The number of hydrogen-bond acceptors (Lipinski definition) is 0. The molecule has 14 heavy (non-hydrogen) atoms. The molecule has 0 fully saturated rings. The van der Waals surface area contributed by atoms with Gasteiger partial charge in [0.05, 0.1) is 0 Å². The molecule has 1 atom stereocenters. The Morgan fingerprint density at radius 2 is 2.21 bits per heavy atom. The Balaban J connectivity index is 2.45. The van der Waals surface area contributed by atoms with Crippen LogP contribution in [0.2, 0.25) is 0 Å². The molecule has 0 spiro atoms. The highest BCUT2D eigenvalue weighted by Gasteiger charge is 2.12. The van der Waals surface area contributed by atoms with Crippen molar-refractivity contribution in [2.75, 3.05) is 0 Å². The van der Waals surface area contributed by atoms with Crippen LogP contribution in [0.1, 0.15) is 39.5 Å². The average Bonchev–Trinajstić information content (AvgIpc) is 2.15. The van der Waals surface area contributed by atoms with Gasteiger partial charge < -0.3 is 0 Å². The second-order valence-electron chi connectivity index (χ2n) is 4.25. The van der Waals surface area contributed by atoms with Crippen LogP contribution in [-0.4, -0.2) is 0 Å². The summed E-state index contributed by atoms with van der Waals surface area (Å²) < 4.78 is 12.7. The van der Waals surface area contributed by atoms with Gasteiger partial charge in [-0.2, -0.15) is 0 Å². The monoisotopic (exact) mass is 194 g/mol. The van der Waals surface area contributed by atoms with Crippen molar-refractivity contribution in [1.82, 2.24) is 0 Å². The molecule has 0 amide bonds. The van der Waals surface area contributed by atoms with Crippen molar-refractivity contribution >= 4 is 0 Å². The number of rotatable bonds is 4. The minimum Gasteiger partial charge on any atom is -0.212 e. The predicted octanol–water partition coefficient (Wildman–Crippen LogP) is 4.55. The van der Waals surface area contributed by atoms with Crippen molar-refractivity contribution in [3.05, 3.63) is 35.7 Å². The van der Waals surface area contributed by atoms with Gasteiger partial charge in [0.2, 0.25) is 0 Å². The van der Waals surface area contributed by atoms with Crippen LogP contribution in [0.4, 0.5) is 4.39 Å². The smallest absolute Gasteiger partial charge is 0.100 e. The Morgan fingerprint density at radius 1 is 1.50 bits per heavy atom. The fraction of sp³-hybridized carbons (Fsp3) is 0.538. The number of halogens is 1. The molecule has 1 rings (SSSR count). The van der Waals surface area contributed by atoms with Gasteiger partial charge in [-0.1, -0.05) is 24.1 Å². The van der Waals surface area contributed by atoms with Crippen LogP contribution >= 0.6 is 0 Å². The van der Waals surface area contributed by atoms with E-state index in [0.717, 1.165) is 19.3 Å². The molecule has 0 saturated heterocycles. The van der Waals surface area contributed by atoms with Crippen molar-refractivity contribution in [2.24, 2.45) is 5.92 Å². The fourth-order valence-corrected chi connectivity index (χ4v) is 1.69. The van der Waals surface area contributed by atoms with E-state index in [1.165, 1.54) is 11.1 Å². The highest BCUT2D eigenvalue weighted by Crippen LogP contribution is 2.27. The summed E-state index contributed by atoms with van der Waals surface area (Å²) in [6.07, 6.45) is 7.24. The summed E-state index contributed by atoms with van der Waals surface area (Å²) in [5, 5.41) is 0. The molecule has 0 N–H and O–H groups in total. The summed E-state index contributed by atoms with van der Waals surface area (Å²) in [6.45, 7) is 8.16. The topological polar surface area (TPSA) is 0 Å². The molecule has 1 unspecified atom stereocenters. The highest BCUT2D eigenvalue weighted by molar-refractivity contribution is 5.22. The molecule has 0 aromatic rings. The van der Waals surface area contributed by atoms with Crippen LogP contribution in [0.25, 0.3) is 0 Å². The van der Waals surface area contributed by atoms with Gasteiger partial charge in [-0.05, 0) is 38.2 Å². The van der Waals surface area contributed by atoms with Gasteiger partial charge in [-0.25, -0.2) is 4.39 Å². The second kappa shape index (κ2) is 5.14. The minimum absolute atomic E-state index is 0.0147. The molecule has 0 nitrogen and oxygen atoms in total. The first kappa shape index (κ1) is 11.2. The Kier molecular flexibility index (Phi) is 4.12. The van der Waals surface area contributed by atoms with Crippen molar-refractivity contribution < 1.29 is 4.39 Å². The van der Waals surface area contributed by atoms with E-state index in [2.05, 4.69) is 20.4 Å². The lowest BCUT2D eigenvalue weighted by atomic mass is 9.89. The van der Waals surface area contributed by atoms with Crippen LogP contribution in [-0.2, 0) is 0 Å². The average molecular weight is 194 g/mol. The van der Waals surface area contributed by atoms with Gasteiger partial charge in [0, 0.05) is 6.42 Å². The Bertz CT molecular complexity index is 271. The quantitative estimate of drug-likeness (QED) is 0.576. The molecule has 1 aliphatic carbocycles. The van der Waals surface area contributed by atoms with E-state index < -0.39 is 0 Å². The molecule has 0 heterocycles. The maximum atomic E-state index is 12.7. The largest absolute Gasteiger partial charge is 0.212 e. The third-order valence-electron chi connectivity index (χ3n) is 2.77. The summed E-state index contributed by atoms with van der Waals surface area (Å²) >= 11 is 0. The van der Waals surface area contributed by atoms with Crippen molar-refractivity contribution in [1.29, 1.82) is 0 Å². The van der Waals surface area contributed by atoms with Crippen LogP contribution in [0.3, 0.4) is 0 Å². The fourth-order valence-electron chi connectivity index (χ4n) is 1.69. The third-order valence-corrected chi connectivity index (χ3v) is 2.77. The van der Waals surface area contributed by atoms with E-state index in [4.69, 9.17) is 0 Å². The van der Waals surface area contributed by atoms with Crippen molar-refractivity contribution in [3.63, 3.8) is 0 Å². The summed E-state index contributed by atoms with van der Waals surface area (Å²) in [5.41, 5.74) is 2.61. The third kappa shape index (κ3) is 3.49. The van der Waals surface area contributed by atoms with Gasteiger partial charge in [0.1, 0.15) is 5.83 Å². The normalized spacial score (nSPS) is 18.5. The van der Waals surface area contributed by atoms with Crippen molar-refractivity contribution in [2.45, 2.75) is 39.5 Å². The van der Waals surface area contributed by atoms with Gasteiger partial charge in [-0.15, -0.1) is 6.58 Å². The van der Waals surface area contributed by atoms with E-state index in [0.29, 0.717) is 12.3 Å². The SMILES string of the molecule is C=C(C)CCC(C)C1=CC=C(F)CC1. The summed E-state index contributed by atoms with van der Waals surface area (Å²) in [7, 11) is 0. The lowest BCUT2D eigenvalue weighted by molar-refractivity contribution is 0.539. The van der Waals surface area contributed by atoms with Gasteiger partial charge >= 0.3 is 0 Å². The zero-order valence-corrected chi connectivity index (χ0v) is 9.15. The molecule has 78 valence electrons. The lowest BCUT2D eigenvalue weighted by Gasteiger charge is -2.17. The van der Waals surface area contributed by atoms with E-state index in [1.807, 2.05) is 6.08 Å². The Morgan fingerprint density at radius 3 is 2.71 bits per heavy atom. The Labute approximate surface area is 86.2 Å². The van der Waals surface area contributed by atoms with E-state index in [9.17, 15) is 4.39 Å². The minimum atomic E-state index is 0.0147. The van der Waals surface area contributed by atoms with Crippen LogP contribution in [0, 0.1) is 5.92 Å². The zero-order valence-electron chi connectivity index (χ0n) is 9.15. The zero-order chi connectivity index (χ0) is 10.6. The van der Waals surface area contributed by atoms with Gasteiger partial charge in [-0.3, -0.25) is 0 Å². The Hall–Kier alpha value is -0.850. The first-order valence-electron chi connectivity index (χ1n) is 5.29. The summed E-state index contributed by atoms with van der Waals surface area (Å²) in [6, 6.07) is 0. The lowest BCUT2D eigenvalue weighted by Crippen LogP contribution is -2.02. The molecule has 0 bridgehead atoms. The first-order valence-corrected chi connectivity index (χ1v) is 5.29. The van der Waals surface area contributed by atoms with E-state index in [-0.39, 0.29) is 5.83 Å². The molecule has 0 radical (unpaired) electrons. The van der Waals surface area contributed by atoms with Crippen molar-refractivity contribution in [3.8, 4) is 0 Å². The van der Waals surface area contributed by atoms with Crippen LogP contribution in [0.15, 0.2) is 35.7 Å². The molecular weight excluding hydrogens is 175 g/mol. The van der Waals surface area contributed by atoms with Gasteiger partial charge in [0.15, 0.2) is 0 Å². The maximum absolute atomic E-state index is 12.7. The highest BCUT2D eigenvalue weighted by atomic mass is 19.1. The van der Waals surface area contributed by atoms with Crippen LogP contribution < -0.4 is 0 Å². The molecule has 0 aromatic carbocycles.